The Hall–Kier alpha value is -0.650. The molecule has 0 saturated carbocycles. The Kier molecular flexibility index (Phi) is 7.63. The number of hydrogen-bond acceptors (Lipinski definition) is 4. The molecule has 128 valence electrons. The first-order chi connectivity index (χ1) is 10.6. The minimum absolute atomic E-state index is 0.165. The van der Waals surface area contributed by atoms with Crippen LogP contribution in [-0.2, 0) is 19.0 Å². The second kappa shape index (κ2) is 9.48. The largest absolute Gasteiger partial charge is 0.379 e. The van der Waals surface area contributed by atoms with Gasteiger partial charge in [0.25, 0.3) is 0 Å². The van der Waals surface area contributed by atoms with Crippen LogP contribution in [0.2, 0.25) is 0 Å². The second-order valence-corrected chi connectivity index (χ2v) is 6.81. The molecular weight excluding hydrogens is 282 g/mol. The topological polar surface area (TPSA) is 56.8 Å². The van der Waals surface area contributed by atoms with Gasteiger partial charge in [-0.1, -0.05) is 13.8 Å². The summed E-state index contributed by atoms with van der Waals surface area (Å²) < 4.78 is 16.7. The van der Waals surface area contributed by atoms with Gasteiger partial charge in [-0.25, -0.2) is 0 Å². The summed E-state index contributed by atoms with van der Waals surface area (Å²) >= 11 is 0. The van der Waals surface area contributed by atoms with Crippen LogP contribution in [-0.4, -0.2) is 51.1 Å². The average molecular weight is 313 g/mol. The normalized spacial score (nSPS) is 29.0. The molecule has 2 rings (SSSR count). The molecule has 0 aromatic carbocycles. The van der Waals surface area contributed by atoms with Crippen LogP contribution < -0.4 is 5.32 Å². The zero-order valence-electron chi connectivity index (χ0n) is 14.0. The first-order valence-corrected chi connectivity index (χ1v) is 8.72. The van der Waals surface area contributed by atoms with Crippen LogP contribution in [0.1, 0.15) is 46.0 Å². The van der Waals surface area contributed by atoms with Crippen molar-refractivity contribution in [3.8, 4) is 0 Å². The predicted molar refractivity (Wildman–Crippen MR) is 84.7 cm³/mol. The van der Waals surface area contributed by atoms with Gasteiger partial charge in [0, 0.05) is 32.8 Å². The zero-order chi connectivity index (χ0) is 15.8. The van der Waals surface area contributed by atoms with E-state index in [9.17, 15) is 4.79 Å². The number of carbonyl (C=O) groups excluding carboxylic acids is 1. The zero-order valence-corrected chi connectivity index (χ0v) is 14.0. The molecule has 0 radical (unpaired) electrons. The highest BCUT2D eigenvalue weighted by Gasteiger charge is 2.26. The van der Waals surface area contributed by atoms with Crippen LogP contribution >= 0.6 is 0 Å². The molecular formula is C17H31NO4. The maximum absolute atomic E-state index is 12.0. The molecule has 0 aromatic heterocycles. The van der Waals surface area contributed by atoms with Crippen LogP contribution in [0.15, 0.2) is 0 Å². The number of ether oxygens (including phenoxy) is 3. The van der Waals surface area contributed by atoms with Crippen molar-refractivity contribution in [2.24, 2.45) is 11.8 Å². The van der Waals surface area contributed by atoms with E-state index in [2.05, 4.69) is 19.2 Å². The van der Waals surface area contributed by atoms with Crippen LogP contribution in [0.4, 0.5) is 0 Å². The summed E-state index contributed by atoms with van der Waals surface area (Å²) in [4.78, 5) is 12.0. The monoisotopic (exact) mass is 313 g/mol. The predicted octanol–water partition coefficient (Wildman–Crippen LogP) is 2.14. The standard InChI is InChI=1S/C17H31NO4/c1-13(2)16-10-14(4-9-22-16)11-17(19)18-6-3-7-21-15-5-8-20-12-15/h13-16H,3-12H2,1-2H3,(H,18,19)/t14-,15-,16+/m1/s1. The molecule has 5 heteroatoms. The molecule has 2 fully saturated rings. The van der Waals surface area contributed by atoms with E-state index in [-0.39, 0.29) is 12.0 Å². The fourth-order valence-electron chi connectivity index (χ4n) is 3.08. The van der Waals surface area contributed by atoms with Gasteiger partial charge in [-0.2, -0.15) is 0 Å². The van der Waals surface area contributed by atoms with Gasteiger partial charge in [-0.05, 0) is 37.5 Å². The third-order valence-corrected chi connectivity index (χ3v) is 4.53. The van der Waals surface area contributed by atoms with Crippen LogP contribution in [0.3, 0.4) is 0 Å². The molecule has 0 spiro atoms. The Morgan fingerprint density at radius 2 is 2.18 bits per heavy atom. The Morgan fingerprint density at radius 1 is 1.32 bits per heavy atom. The Labute approximate surface area is 134 Å². The molecule has 0 bridgehead atoms. The summed E-state index contributed by atoms with van der Waals surface area (Å²) in [5, 5.41) is 3.01. The summed E-state index contributed by atoms with van der Waals surface area (Å²) in [5.74, 6) is 1.16. The van der Waals surface area contributed by atoms with Crippen molar-refractivity contribution in [3.05, 3.63) is 0 Å². The maximum atomic E-state index is 12.0. The SMILES string of the molecule is CC(C)[C@@H]1C[C@H](CC(=O)NCCCO[C@@H]2CCOC2)CCO1. The maximum Gasteiger partial charge on any atom is 0.220 e. The molecule has 0 aliphatic carbocycles. The number of hydrogen-bond donors (Lipinski definition) is 1. The first kappa shape index (κ1) is 17.7. The quantitative estimate of drug-likeness (QED) is 0.698. The van der Waals surface area contributed by atoms with Gasteiger partial charge >= 0.3 is 0 Å². The van der Waals surface area contributed by atoms with Crippen molar-refractivity contribution >= 4 is 5.91 Å². The molecule has 2 saturated heterocycles. The van der Waals surface area contributed by atoms with E-state index in [1.165, 1.54) is 0 Å². The lowest BCUT2D eigenvalue weighted by molar-refractivity contribution is -0.123. The molecule has 3 atom stereocenters. The number of rotatable bonds is 8. The van der Waals surface area contributed by atoms with E-state index in [1.807, 2.05) is 0 Å². The number of nitrogens with one attached hydrogen (secondary N) is 1. The summed E-state index contributed by atoms with van der Waals surface area (Å²) in [6.45, 7) is 8.07. The Morgan fingerprint density at radius 3 is 2.91 bits per heavy atom. The lowest BCUT2D eigenvalue weighted by Gasteiger charge is -2.31. The van der Waals surface area contributed by atoms with Crippen LogP contribution in [0, 0.1) is 11.8 Å². The average Bonchev–Trinajstić information content (AvgIpc) is 3.00. The molecule has 1 N–H and O–H groups in total. The van der Waals surface area contributed by atoms with Crippen molar-refractivity contribution in [1.82, 2.24) is 5.32 Å². The summed E-state index contributed by atoms with van der Waals surface area (Å²) in [5.41, 5.74) is 0. The van der Waals surface area contributed by atoms with E-state index < -0.39 is 0 Å². The van der Waals surface area contributed by atoms with Gasteiger partial charge in [0.1, 0.15) is 0 Å². The molecule has 0 unspecified atom stereocenters. The van der Waals surface area contributed by atoms with Crippen molar-refractivity contribution in [3.63, 3.8) is 0 Å². The lowest BCUT2D eigenvalue weighted by Crippen LogP contribution is -2.33. The lowest BCUT2D eigenvalue weighted by atomic mass is 9.88. The van der Waals surface area contributed by atoms with E-state index >= 15 is 0 Å². The number of carbonyl (C=O) groups is 1. The first-order valence-electron chi connectivity index (χ1n) is 8.72. The summed E-state index contributed by atoms with van der Waals surface area (Å²) in [7, 11) is 0. The minimum Gasteiger partial charge on any atom is -0.379 e. The fourth-order valence-corrected chi connectivity index (χ4v) is 3.08. The van der Waals surface area contributed by atoms with Crippen molar-refractivity contribution in [2.45, 2.75) is 58.2 Å². The Bertz CT molecular complexity index is 329. The smallest absolute Gasteiger partial charge is 0.220 e. The van der Waals surface area contributed by atoms with E-state index in [0.717, 1.165) is 38.9 Å². The molecule has 22 heavy (non-hydrogen) atoms. The fraction of sp³-hybridized carbons (Fsp3) is 0.941. The minimum atomic E-state index is 0.165. The highest BCUT2D eigenvalue weighted by Crippen LogP contribution is 2.27. The molecule has 2 heterocycles. The van der Waals surface area contributed by atoms with Crippen LogP contribution in [0.5, 0.6) is 0 Å². The molecule has 2 aliphatic heterocycles. The molecule has 2 aliphatic rings. The van der Waals surface area contributed by atoms with Gasteiger partial charge in [0.2, 0.25) is 5.91 Å². The molecule has 1 amide bonds. The highest BCUT2D eigenvalue weighted by atomic mass is 16.5. The molecule has 0 aromatic rings. The van der Waals surface area contributed by atoms with E-state index in [4.69, 9.17) is 14.2 Å². The van der Waals surface area contributed by atoms with E-state index in [0.29, 0.717) is 44.1 Å². The third-order valence-electron chi connectivity index (χ3n) is 4.53. The van der Waals surface area contributed by atoms with Gasteiger partial charge in [-0.15, -0.1) is 0 Å². The van der Waals surface area contributed by atoms with Crippen LogP contribution in [0.25, 0.3) is 0 Å². The second-order valence-electron chi connectivity index (χ2n) is 6.81. The molecule has 5 nitrogen and oxygen atoms in total. The van der Waals surface area contributed by atoms with Crippen molar-refractivity contribution < 1.29 is 19.0 Å². The van der Waals surface area contributed by atoms with E-state index in [1.54, 1.807) is 0 Å². The number of amides is 1. The highest BCUT2D eigenvalue weighted by molar-refractivity contribution is 5.76. The van der Waals surface area contributed by atoms with Gasteiger partial charge in [0.15, 0.2) is 0 Å². The van der Waals surface area contributed by atoms with Crippen molar-refractivity contribution in [2.75, 3.05) is 33.0 Å². The van der Waals surface area contributed by atoms with Gasteiger partial charge in [0.05, 0.1) is 18.8 Å². The third kappa shape index (κ3) is 6.23. The summed E-state index contributed by atoms with van der Waals surface area (Å²) in [6.07, 6.45) is 5.07. The van der Waals surface area contributed by atoms with Gasteiger partial charge < -0.3 is 19.5 Å². The Balaban J connectivity index is 1.51. The van der Waals surface area contributed by atoms with Gasteiger partial charge in [-0.3, -0.25) is 4.79 Å². The summed E-state index contributed by atoms with van der Waals surface area (Å²) in [6, 6.07) is 0. The van der Waals surface area contributed by atoms with Crippen molar-refractivity contribution in [1.29, 1.82) is 0 Å².